The number of fused-ring (bicyclic) bond motifs is 19. The van der Waals surface area contributed by atoms with Crippen molar-refractivity contribution in [1.82, 2.24) is 4.57 Å². The van der Waals surface area contributed by atoms with Gasteiger partial charge in [0.05, 0.1) is 22.1 Å². The third kappa shape index (κ3) is 5.26. The van der Waals surface area contributed by atoms with Crippen LogP contribution in [0.4, 0.5) is 17.1 Å². The molecule has 0 amide bonds. The maximum atomic E-state index is 2.54. The van der Waals surface area contributed by atoms with E-state index >= 15 is 0 Å². The lowest BCUT2D eigenvalue weighted by atomic mass is 9.70. The van der Waals surface area contributed by atoms with Crippen molar-refractivity contribution in [2.45, 2.75) is 5.41 Å². The Morgan fingerprint density at radius 2 is 0.783 bits per heavy atom. The van der Waals surface area contributed by atoms with Gasteiger partial charge in [-0.2, -0.15) is 0 Å². The van der Waals surface area contributed by atoms with Gasteiger partial charge in [-0.1, -0.05) is 194 Å². The minimum atomic E-state index is -0.474. The van der Waals surface area contributed by atoms with Crippen molar-refractivity contribution in [2.24, 2.45) is 0 Å². The second-order valence-electron chi connectivity index (χ2n) is 18.7. The average Bonchev–Trinajstić information content (AvgIpc) is 4.03. The molecule has 0 radical (unpaired) electrons. The molecule has 0 fully saturated rings. The fraction of sp³-hybridized carbons (Fsp3) is 0.0149. The number of rotatable bonds is 5. The van der Waals surface area contributed by atoms with E-state index in [0.717, 1.165) is 28.3 Å². The van der Waals surface area contributed by atoms with E-state index in [1.54, 1.807) is 0 Å². The second kappa shape index (κ2) is 14.5. The van der Waals surface area contributed by atoms with Gasteiger partial charge in [-0.25, -0.2) is 0 Å². The lowest BCUT2D eigenvalue weighted by Crippen LogP contribution is -2.26. The van der Waals surface area contributed by atoms with Crippen LogP contribution in [0.2, 0.25) is 0 Å². The monoisotopic (exact) mass is 874 g/mol. The minimum absolute atomic E-state index is 0.474. The molecular formula is C67H42N2. The highest BCUT2D eigenvalue weighted by molar-refractivity contribution is 6.29. The van der Waals surface area contributed by atoms with Gasteiger partial charge in [0.25, 0.3) is 0 Å². The first kappa shape index (κ1) is 38.2. The molecule has 320 valence electrons. The molecule has 1 spiro atoms. The third-order valence-electron chi connectivity index (χ3n) is 15.4. The summed E-state index contributed by atoms with van der Waals surface area (Å²) >= 11 is 0. The van der Waals surface area contributed by atoms with Crippen LogP contribution in [0.1, 0.15) is 22.3 Å². The Labute approximate surface area is 400 Å². The molecule has 2 aliphatic carbocycles. The van der Waals surface area contributed by atoms with Gasteiger partial charge >= 0.3 is 0 Å². The fourth-order valence-electron chi connectivity index (χ4n) is 12.6. The first-order valence-electron chi connectivity index (χ1n) is 24.0. The number of nitrogens with zero attached hydrogens (tertiary/aromatic N) is 2. The molecule has 2 heteroatoms. The van der Waals surface area contributed by atoms with E-state index in [1.165, 1.54) is 104 Å². The summed E-state index contributed by atoms with van der Waals surface area (Å²) in [6.07, 6.45) is 0. The quantitative estimate of drug-likeness (QED) is 0.156. The Morgan fingerprint density at radius 3 is 1.46 bits per heavy atom. The first-order valence-corrected chi connectivity index (χ1v) is 24.0. The van der Waals surface area contributed by atoms with Crippen LogP contribution in [0.25, 0.3) is 93.2 Å². The summed E-state index contributed by atoms with van der Waals surface area (Å²) in [5, 5.41) is 9.99. The maximum absolute atomic E-state index is 2.54. The zero-order chi connectivity index (χ0) is 45.2. The van der Waals surface area contributed by atoms with Crippen LogP contribution in [0.5, 0.6) is 0 Å². The van der Waals surface area contributed by atoms with E-state index in [9.17, 15) is 0 Å². The molecule has 2 aliphatic rings. The Hall–Kier alpha value is -8.98. The van der Waals surface area contributed by atoms with Crippen molar-refractivity contribution in [3.05, 3.63) is 277 Å². The Kier molecular flexibility index (Phi) is 8.02. The van der Waals surface area contributed by atoms with Crippen LogP contribution in [-0.2, 0) is 5.41 Å². The molecule has 13 aromatic rings. The van der Waals surface area contributed by atoms with Crippen molar-refractivity contribution in [2.75, 3.05) is 4.90 Å². The Bertz CT molecular complexity index is 4160. The molecule has 12 aromatic carbocycles. The van der Waals surface area contributed by atoms with E-state index in [-0.39, 0.29) is 0 Å². The molecule has 15 rings (SSSR count). The van der Waals surface area contributed by atoms with Crippen molar-refractivity contribution < 1.29 is 0 Å². The summed E-state index contributed by atoms with van der Waals surface area (Å²) in [4.78, 5) is 2.54. The summed E-state index contributed by atoms with van der Waals surface area (Å²) in [7, 11) is 0. The maximum Gasteiger partial charge on any atom is 0.0726 e. The number of aromatic nitrogens is 1. The summed E-state index contributed by atoms with van der Waals surface area (Å²) in [5.41, 5.74) is 19.3. The van der Waals surface area contributed by atoms with Crippen molar-refractivity contribution in [1.29, 1.82) is 0 Å². The predicted molar refractivity (Wildman–Crippen MR) is 290 cm³/mol. The number of anilines is 3. The summed E-state index contributed by atoms with van der Waals surface area (Å²) in [6, 6.07) is 95.0. The van der Waals surface area contributed by atoms with Crippen LogP contribution in [0, 0.1) is 0 Å². The van der Waals surface area contributed by atoms with Crippen molar-refractivity contribution in [3.63, 3.8) is 0 Å². The highest BCUT2D eigenvalue weighted by Gasteiger charge is 2.51. The van der Waals surface area contributed by atoms with Crippen LogP contribution in [0.15, 0.2) is 255 Å². The predicted octanol–water partition coefficient (Wildman–Crippen LogP) is 17.7. The molecule has 0 aliphatic heterocycles. The van der Waals surface area contributed by atoms with Crippen LogP contribution >= 0.6 is 0 Å². The van der Waals surface area contributed by atoms with Crippen LogP contribution < -0.4 is 4.90 Å². The lowest BCUT2D eigenvalue weighted by molar-refractivity contribution is 0.793. The van der Waals surface area contributed by atoms with Crippen molar-refractivity contribution >= 4 is 71.2 Å². The van der Waals surface area contributed by atoms with E-state index in [4.69, 9.17) is 0 Å². The van der Waals surface area contributed by atoms with Gasteiger partial charge in [0.2, 0.25) is 0 Å². The van der Waals surface area contributed by atoms with E-state index in [0.29, 0.717) is 0 Å². The first-order chi connectivity index (χ1) is 34.3. The third-order valence-corrected chi connectivity index (χ3v) is 15.4. The van der Waals surface area contributed by atoms with Gasteiger partial charge in [-0.05, 0) is 143 Å². The Balaban J connectivity index is 1.00. The van der Waals surface area contributed by atoms with Crippen LogP contribution in [-0.4, -0.2) is 4.57 Å². The SMILES string of the molecule is c1ccc(-n2c3ccccc3c3cc(-c4cccc(N(c5ccc6c(c5)C5(c7ccccc7-c7ccccc75)c5ccccc5-6)c5cccc6c7ccccc7c7ccccc7c56)c4)ccc32)cc1. The van der Waals surface area contributed by atoms with Gasteiger partial charge in [0.15, 0.2) is 0 Å². The molecular weight excluding hydrogens is 833 g/mol. The standard InChI is InChI=1S/C67H42N2/c1-2-19-45(20-3-1)69-63-34-15-11-28-55(63)58-41-44(36-39-64(58)69)43-18-16-21-46(40-43)68(65-35-17-30-57-50-23-5-4-22-48(50)49-24-6-7-29-56(49)66(57)65)47-37-38-54-53-27-10-14-33-61(53)67(62(54)42-47)59-31-12-8-25-51(59)52-26-9-13-32-60(52)67/h1-42H. The number of benzene rings is 12. The molecule has 1 aromatic heterocycles. The number of hydrogen-bond acceptors (Lipinski definition) is 1. The molecule has 69 heavy (non-hydrogen) atoms. The highest BCUT2D eigenvalue weighted by Crippen LogP contribution is 2.63. The van der Waals surface area contributed by atoms with Gasteiger partial charge < -0.3 is 9.47 Å². The minimum Gasteiger partial charge on any atom is -0.310 e. The largest absolute Gasteiger partial charge is 0.310 e. The fourth-order valence-corrected chi connectivity index (χ4v) is 12.6. The summed E-state index contributed by atoms with van der Waals surface area (Å²) in [6.45, 7) is 0. The van der Waals surface area contributed by atoms with Gasteiger partial charge in [-0.3, -0.25) is 0 Å². The topological polar surface area (TPSA) is 8.17 Å². The number of para-hydroxylation sites is 2. The highest BCUT2D eigenvalue weighted by atomic mass is 15.1. The zero-order valence-corrected chi connectivity index (χ0v) is 37.6. The molecule has 1 heterocycles. The smallest absolute Gasteiger partial charge is 0.0726 e. The van der Waals surface area contributed by atoms with Crippen molar-refractivity contribution in [3.8, 4) is 39.1 Å². The molecule has 0 atom stereocenters. The summed E-state index contributed by atoms with van der Waals surface area (Å²) < 4.78 is 2.39. The zero-order valence-electron chi connectivity index (χ0n) is 37.6. The normalized spacial score (nSPS) is 13.0. The molecule has 0 saturated carbocycles. The average molecular weight is 875 g/mol. The molecule has 0 unspecified atom stereocenters. The van der Waals surface area contributed by atoms with E-state index < -0.39 is 5.41 Å². The molecule has 0 saturated heterocycles. The van der Waals surface area contributed by atoms with Gasteiger partial charge in [0.1, 0.15) is 0 Å². The summed E-state index contributed by atoms with van der Waals surface area (Å²) in [5.74, 6) is 0. The second-order valence-corrected chi connectivity index (χ2v) is 18.7. The number of hydrogen-bond donors (Lipinski definition) is 0. The van der Waals surface area contributed by atoms with Crippen LogP contribution in [0.3, 0.4) is 0 Å². The molecule has 0 N–H and O–H groups in total. The molecule has 2 nitrogen and oxygen atoms in total. The van der Waals surface area contributed by atoms with Gasteiger partial charge in [-0.15, -0.1) is 0 Å². The van der Waals surface area contributed by atoms with Gasteiger partial charge in [0, 0.05) is 33.2 Å². The Morgan fingerprint density at radius 1 is 0.290 bits per heavy atom. The van der Waals surface area contributed by atoms with E-state index in [2.05, 4.69) is 264 Å². The van der Waals surface area contributed by atoms with E-state index in [1.807, 2.05) is 0 Å². The molecule has 0 bridgehead atoms. The lowest BCUT2D eigenvalue weighted by Gasteiger charge is -2.32.